The maximum atomic E-state index is 15.0. The molecule has 2 aromatic rings. The van der Waals surface area contributed by atoms with Gasteiger partial charge in [0.1, 0.15) is 6.04 Å². The Hall–Kier alpha value is -2.23. The fourth-order valence-electron chi connectivity index (χ4n) is 6.13. The molecule has 1 heterocycles. The number of carbonyl (C=O) groups excluding carboxylic acids is 2. The maximum Gasteiger partial charge on any atom is 0.245 e. The Labute approximate surface area is 252 Å². The van der Waals surface area contributed by atoms with E-state index in [4.69, 9.17) is 28.9 Å². The number of hydrogen-bond donors (Lipinski definition) is 3. The molecule has 0 spiro atoms. The van der Waals surface area contributed by atoms with Crippen molar-refractivity contribution in [2.75, 3.05) is 39.3 Å². The van der Waals surface area contributed by atoms with Crippen molar-refractivity contribution in [1.82, 2.24) is 20.4 Å². The molecule has 0 radical (unpaired) electrons. The average Bonchev–Trinajstić information content (AvgIpc) is 2.98. The van der Waals surface area contributed by atoms with Gasteiger partial charge in [0.15, 0.2) is 6.30 Å². The molecule has 2 amide bonds. The second-order valence-electron chi connectivity index (χ2n) is 11.2. The van der Waals surface area contributed by atoms with Gasteiger partial charge in [-0.1, -0.05) is 78.9 Å². The minimum Gasteiger partial charge on any atom is -0.344 e. The van der Waals surface area contributed by atoms with E-state index in [-0.39, 0.29) is 36.7 Å². The first-order chi connectivity index (χ1) is 19.8. The van der Waals surface area contributed by atoms with Crippen LogP contribution in [0, 0.1) is 0 Å². The number of halogens is 3. The van der Waals surface area contributed by atoms with Crippen molar-refractivity contribution < 1.29 is 14.0 Å². The predicted molar refractivity (Wildman–Crippen MR) is 163 cm³/mol. The molecule has 0 aromatic heterocycles. The number of amides is 2. The van der Waals surface area contributed by atoms with Crippen LogP contribution in [0.5, 0.6) is 0 Å². The second kappa shape index (κ2) is 15.3. The molecule has 1 saturated carbocycles. The third kappa shape index (κ3) is 8.88. The first-order valence-electron chi connectivity index (χ1n) is 14.7. The summed E-state index contributed by atoms with van der Waals surface area (Å²) >= 11 is 12.5. The third-order valence-corrected chi connectivity index (χ3v) is 8.99. The van der Waals surface area contributed by atoms with Crippen molar-refractivity contribution in [3.05, 3.63) is 69.7 Å². The van der Waals surface area contributed by atoms with Gasteiger partial charge in [0, 0.05) is 74.1 Å². The van der Waals surface area contributed by atoms with Gasteiger partial charge >= 0.3 is 0 Å². The predicted octanol–water partition coefficient (Wildman–Crippen LogP) is 4.34. The van der Waals surface area contributed by atoms with Gasteiger partial charge in [-0.05, 0) is 36.1 Å². The van der Waals surface area contributed by atoms with Crippen LogP contribution in [0.3, 0.4) is 0 Å². The number of benzene rings is 2. The average molecular weight is 607 g/mol. The van der Waals surface area contributed by atoms with Crippen molar-refractivity contribution in [3.8, 4) is 0 Å². The monoisotopic (exact) mass is 605 g/mol. The van der Waals surface area contributed by atoms with E-state index in [1.165, 1.54) is 6.42 Å². The summed E-state index contributed by atoms with van der Waals surface area (Å²) in [6.07, 6.45) is 5.09. The SMILES string of the molecule is NCCC(=O)NC(Cc1ccc(Cl)cc1Cl)C(=O)N1CCN(C2(CNC(F)Cc3ccccc3)CCCCC2)CC1. The number of nitrogens with zero attached hydrogens (tertiary/aromatic N) is 2. The molecule has 2 aliphatic rings. The van der Waals surface area contributed by atoms with Gasteiger partial charge < -0.3 is 16.0 Å². The summed E-state index contributed by atoms with van der Waals surface area (Å²) in [5, 5.41) is 7.03. The van der Waals surface area contributed by atoms with Gasteiger partial charge in [0.2, 0.25) is 11.8 Å². The summed E-state index contributed by atoms with van der Waals surface area (Å²) in [5.74, 6) is -0.401. The molecule has 4 N–H and O–H groups in total. The fourth-order valence-corrected chi connectivity index (χ4v) is 6.62. The second-order valence-corrected chi connectivity index (χ2v) is 12.1. The highest BCUT2D eigenvalue weighted by Crippen LogP contribution is 2.34. The van der Waals surface area contributed by atoms with Crippen LogP contribution < -0.4 is 16.4 Å². The van der Waals surface area contributed by atoms with Gasteiger partial charge in [-0.25, -0.2) is 4.39 Å². The van der Waals surface area contributed by atoms with Crippen molar-refractivity contribution in [1.29, 1.82) is 0 Å². The topological polar surface area (TPSA) is 90.7 Å². The molecule has 2 aromatic carbocycles. The summed E-state index contributed by atoms with van der Waals surface area (Å²) in [6.45, 7) is 3.28. The van der Waals surface area contributed by atoms with Gasteiger partial charge in [0.05, 0.1) is 0 Å². The quantitative estimate of drug-likeness (QED) is 0.313. The lowest BCUT2D eigenvalue weighted by molar-refractivity contribution is -0.139. The van der Waals surface area contributed by atoms with E-state index in [0.29, 0.717) is 49.2 Å². The van der Waals surface area contributed by atoms with E-state index in [1.54, 1.807) is 18.2 Å². The number of alkyl halides is 1. The molecule has 4 rings (SSSR count). The zero-order valence-corrected chi connectivity index (χ0v) is 25.1. The van der Waals surface area contributed by atoms with Crippen molar-refractivity contribution in [2.24, 2.45) is 5.73 Å². The number of nitrogens with one attached hydrogen (secondary N) is 2. The lowest BCUT2D eigenvalue weighted by Crippen LogP contribution is -2.63. The summed E-state index contributed by atoms with van der Waals surface area (Å²) in [4.78, 5) is 30.4. The molecule has 10 heteroatoms. The van der Waals surface area contributed by atoms with Crippen molar-refractivity contribution in [2.45, 2.75) is 69.2 Å². The Morgan fingerprint density at radius 3 is 2.34 bits per heavy atom. The molecule has 2 fully saturated rings. The number of rotatable bonds is 12. The maximum absolute atomic E-state index is 15.0. The number of piperazine rings is 1. The van der Waals surface area contributed by atoms with E-state index in [0.717, 1.165) is 36.8 Å². The van der Waals surface area contributed by atoms with Crippen LogP contribution in [0.4, 0.5) is 4.39 Å². The molecular weight excluding hydrogens is 564 g/mol. The fraction of sp³-hybridized carbons (Fsp3) is 0.548. The van der Waals surface area contributed by atoms with E-state index < -0.39 is 12.3 Å². The highest BCUT2D eigenvalue weighted by molar-refractivity contribution is 6.35. The van der Waals surface area contributed by atoms with Crippen LogP contribution in [0.25, 0.3) is 0 Å². The summed E-state index contributed by atoms with van der Waals surface area (Å²) < 4.78 is 15.0. The van der Waals surface area contributed by atoms with Crippen LogP contribution in [-0.4, -0.2) is 78.8 Å². The lowest BCUT2D eigenvalue weighted by atomic mass is 9.79. The van der Waals surface area contributed by atoms with E-state index >= 15 is 0 Å². The molecule has 2 unspecified atom stereocenters. The van der Waals surface area contributed by atoms with Crippen molar-refractivity contribution >= 4 is 35.0 Å². The molecule has 2 atom stereocenters. The van der Waals surface area contributed by atoms with Gasteiger partial charge in [0.25, 0.3) is 0 Å². The molecule has 1 aliphatic carbocycles. The molecule has 7 nitrogen and oxygen atoms in total. The van der Waals surface area contributed by atoms with Crippen LogP contribution in [-0.2, 0) is 22.4 Å². The Balaban J connectivity index is 1.39. The van der Waals surface area contributed by atoms with E-state index in [2.05, 4.69) is 15.5 Å². The van der Waals surface area contributed by atoms with Crippen LogP contribution in [0.1, 0.15) is 49.7 Å². The summed E-state index contributed by atoms with van der Waals surface area (Å²) in [6, 6.07) is 14.1. The number of hydrogen-bond acceptors (Lipinski definition) is 5. The molecule has 0 bridgehead atoms. The van der Waals surface area contributed by atoms with Crippen LogP contribution in [0.2, 0.25) is 10.0 Å². The highest BCUT2D eigenvalue weighted by Gasteiger charge is 2.40. The lowest BCUT2D eigenvalue weighted by Gasteiger charge is -2.50. The minimum atomic E-state index is -1.11. The Morgan fingerprint density at radius 1 is 0.976 bits per heavy atom. The van der Waals surface area contributed by atoms with Gasteiger partial charge in [-0.2, -0.15) is 0 Å². The smallest absolute Gasteiger partial charge is 0.245 e. The molecular formula is C31H42Cl2FN5O2. The van der Waals surface area contributed by atoms with Crippen molar-refractivity contribution in [3.63, 3.8) is 0 Å². The first kappa shape index (κ1) is 31.7. The number of nitrogens with two attached hydrogens (primary N) is 1. The van der Waals surface area contributed by atoms with Gasteiger partial charge in [-0.3, -0.25) is 19.8 Å². The Morgan fingerprint density at radius 2 is 1.68 bits per heavy atom. The molecule has 1 saturated heterocycles. The summed E-state index contributed by atoms with van der Waals surface area (Å²) in [5.41, 5.74) is 7.16. The number of carbonyl (C=O) groups is 2. The zero-order chi connectivity index (χ0) is 29.2. The van der Waals surface area contributed by atoms with Gasteiger partial charge in [-0.15, -0.1) is 0 Å². The molecule has 1 aliphatic heterocycles. The van der Waals surface area contributed by atoms with E-state index in [9.17, 15) is 14.0 Å². The largest absolute Gasteiger partial charge is 0.344 e. The van der Waals surface area contributed by atoms with Crippen LogP contribution in [0.15, 0.2) is 48.5 Å². The standard InChI is InChI=1S/C31H42Cl2FN5O2/c32-25-10-9-24(26(33)21-25)20-27(37-29(40)11-14-35)30(41)38-15-17-39(18-16-38)31(12-5-2-6-13-31)22-36-28(34)19-23-7-3-1-4-8-23/h1,3-4,7-10,21,27-28,36H,2,5-6,11-20,22,35H2,(H,37,40). The Bertz CT molecular complexity index is 1140. The minimum absolute atomic E-state index is 0.125. The first-order valence-corrected chi connectivity index (χ1v) is 15.4. The highest BCUT2D eigenvalue weighted by atomic mass is 35.5. The summed E-state index contributed by atoms with van der Waals surface area (Å²) in [7, 11) is 0. The zero-order valence-electron chi connectivity index (χ0n) is 23.6. The molecule has 41 heavy (non-hydrogen) atoms. The van der Waals surface area contributed by atoms with E-state index in [1.807, 2.05) is 35.2 Å². The molecule has 224 valence electrons. The normalized spacial score (nSPS) is 19.0. The van der Waals surface area contributed by atoms with Crippen LogP contribution >= 0.6 is 23.2 Å². The Kier molecular flexibility index (Phi) is 11.8. The third-order valence-electron chi connectivity index (χ3n) is 8.40.